The minimum Gasteiger partial charge on any atom is -0.216 e. The van der Waals surface area contributed by atoms with E-state index in [0.29, 0.717) is 11.9 Å². The highest BCUT2D eigenvalue weighted by Crippen LogP contribution is 2.37. The Morgan fingerprint density at radius 3 is 2.16 bits per heavy atom. The van der Waals surface area contributed by atoms with Gasteiger partial charge in [0.1, 0.15) is 23.3 Å². The SMILES string of the molecule is N#Cc1c(F)cc(C2CCC(/C=C/F)CC2)cc1F. The molecule has 0 amide bonds. The van der Waals surface area contributed by atoms with Crippen LogP contribution in [-0.2, 0) is 0 Å². The van der Waals surface area contributed by atoms with E-state index in [0.717, 1.165) is 25.7 Å². The molecule has 0 unspecified atom stereocenters. The first kappa shape index (κ1) is 13.7. The van der Waals surface area contributed by atoms with E-state index in [9.17, 15) is 13.2 Å². The van der Waals surface area contributed by atoms with E-state index in [1.807, 2.05) is 0 Å². The Kier molecular flexibility index (Phi) is 4.26. The summed E-state index contributed by atoms with van der Waals surface area (Å²) in [5.74, 6) is -1.30. The van der Waals surface area contributed by atoms with Crippen LogP contribution in [0.5, 0.6) is 0 Å². The molecule has 1 aliphatic carbocycles. The first-order valence-electron chi connectivity index (χ1n) is 6.31. The van der Waals surface area contributed by atoms with Gasteiger partial charge in [0.2, 0.25) is 0 Å². The molecule has 1 fully saturated rings. The second-order valence-corrected chi connectivity index (χ2v) is 4.90. The van der Waals surface area contributed by atoms with Gasteiger partial charge in [-0.25, -0.2) is 13.2 Å². The van der Waals surface area contributed by atoms with Gasteiger partial charge in [-0.3, -0.25) is 0 Å². The highest BCUT2D eigenvalue weighted by molar-refractivity contribution is 5.36. The van der Waals surface area contributed by atoms with Crippen LogP contribution in [0.1, 0.15) is 42.7 Å². The lowest BCUT2D eigenvalue weighted by Gasteiger charge is -2.27. The van der Waals surface area contributed by atoms with E-state index >= 15 is 0 Å². The van der Waals surface area contributed by atoms with Crippen molar-refractivity contribution < 1.29 is 13.2 Å². The van der Waals surface area contributed by atoms with Gasteiger partial charge in [0.05, 0.1) is 6.33 Å². The minimum atomic E-state index is -0.803. The molecule has 1 aliphatic rings. The van der Waals surface area contributed by atoms with Crippen LogP contribution in [0.15, 0.2) is 24.5 Å². The molecule has 0 N–H and O–H groups in total. The normalized spacial score (nSPS) is 23.5. The third-order valence-corrected chi connectivity index (χ3v) is 3.76. The van der Waals surface area contributed by atoms with Crippen LogP contribution in [-0.4, -0.2) is 0 Å². The van der Waals surface area contributed by atoms with Crippen molar-refractivity contribution in [3.05, 3.63) is 47.3 Å². The molecule has 2 rings (SSSR count). The number of nitriles is 1. The Hall–Kier alpha value is -1.76. The smallest absolute Gasteiger partial charge is 0.144 e. The molecule has 0 aliphatic heterocycles. The average Bonchev–Trinajstić information content (AvgIpc) is 2.39. The minimum absolute atomic E-state index is 0.0843. The Balaban J connectivity index is 2.14. The third kappa shape index (κ3) is 2.98. The van der Waals surface area contributed by atoms with Gasteiger partial charge in [-0.1, -0.05) is 6.08 Å². The Labute approximate surface area is 110 Å². The first-order chi connectivity index (χ1) is 9.15. The molecular formula is C15H14F3N. The fraction of sp³-hybridized carbons (Fsp3) is 0.400. The van der Waals surface area contributed by atoms with Crippen molar-refractivity contribution in [1.29, 1.82) is 5.26 Å². The highest BCUT2D eigenvalue weighted by atomic mass is 19.1. The average molecular weight is 265 g/mol. The van der Waals surface area contributed by atoms with Crippen molar-refractivity contribution in [3.8, 4) is 6.07 Å². The summed E-state index contributed by atoms with van der Waals surface area (Å²) in [5.41, 5.74) is 0.0643. The molecule has 1 aromatic rings. The van der Waals surface area contributed by atoms with Gasteiger partial charge in [0.15, 0.2) is 0 Å². The molecule has 0 radical (unpaired) electrons. The lowest BCUT2D eigenvalue weighted by molar-refractivity contribution is 0.371. The van der Waals surface area contributed by atoms with Crippen LogP contribution in [0.2, 0.25) is 0 Å². The van der Waals surface area contributed by atoms with Crippen LogP contribution >= 0.6 is 0 Å². The predicted molar refractivity (Wildman–Crippen MR) is 66.0 cm³/mol. The predicted octanol–water partition coefficient (Wildman–Crippen LogP) is 4.59. The van der Waals surface area contributed by atoms with E-state index in [1.54, 1.807) is 0 Å². The molecule has 0 heterocycles. The number of hydrogen-bond donors (Lipinski definition) is 0. The van der Waals surface area contributed by atoms with Crippen molar-refractivity contribution in [2.24, 2.45) is 5.92 Å². The first-order valence-corrected chi connectivity index (χ1v) is 6.31. The Morgan fingerprint density at radius 1 is 1.11 bits per heavy atom. The van der Waals surface area contributed by atoms with E-state index in [1.165, 1.54) is 24.3 Å². The van der Waals surface area contributed by atoms with Crippen molar-refractivity contribution in [2.75, 3.05) is 0 Å². The van der Waals surface area contributed by atoms with Gasteiger partial charge in [0, 0.05) is 0 Å². The molecule has 100 valence electrons. The van der Waals surface area contributed by atoms with Crippen molar-refractivity contribution in [2.45, 2.75) is 31.6 Å². The van der Waals surface area contributed by atoms with E-state index in [2.05, 4.69) is 0 Å². The maximum atomic E-state index is 13.5. The third-order valence-electron chi connectivity index (χ3n) is 3.76. The molecule has 0 spiro atoms. The van der Waals surface area contributed by atoms with Crippen LogP contribution in [0.4, 0.5) is 13.2 Å². The molecular weight excluding hydrogens is 251 g/mol. The van der Waals surface area contributed by atoms with Crippen LogP contribution in [0.25, 0.3) is 0 Å². The molecule has 0 aromatic heterocycles. The number of nitrogens with zero attached hydrogens (tertiary/aromatic N) is 1. The van der Waals surface area contributed by atoms with Crippen LogP contribution < -0.4 is 0 Å². The zero-order valence-corrected chi connectivity index (χ0v) is 10.4. The quantitative estimate of drug-likeness (QED) is 0.767. The summed E-state index contributed by atoms with van der Waals surface area (Å²) < 4.78 is 39.2. The summed E-state index contributed by atoms with van der Waals surface area (Å²) in [7, 11) is 0. The van der Waals surface area contributed by atoms with Crippen LogP contribution in [0, 0.1) is 28.9 Å². The summed E-state index contributed by atoms with van der Waals surface area (Å²) in [5, 5.41) is 8.62. The molecule has 1 aromatic carbocycles. The number of halogens is 3. The zero-order valence-electron chi connectivity index (χ0n) is 10.4. The summed E-state index contributed by atoms with van der Waals surface area (Å²) in [6.07, 6.45) is 5.28. The maximum absolute atomic E-state index is 13.5. The lowest BCUT2D eigenvalue weighted by atomic mass is 9.78. The molecule has 1 saturated carbocycles. The fourth-order valence-corrected chi connectivity index (χ4v) is 2.68. The van der Waals surface area contributed by atoms with Crippen molar-refractivity contribution >= 4 is 0 Å². The fourth-order valence-electron chi connectivity index (χ4n) is 2.68. The summed E-state index contributed by atoms with van der Waals surface area (Å²) in [4.78, 5) is 0. The van der Waals surface area contributed by atoms with E-state index in [4.69, 9.17) is 5.26 Å². The second-order valence-electron chi connectivity index (χ2n) is 4.90. The molecule has 0 bridgehead atoms. The van der Waals surface area contributed by atoms with E-state index < -0.39 is 17.2 Å². The highest BCUT2D eigenvalue weighted by Gasteiger charge is 2.23. The topological polar surface area (TPSA) is 23.8 Å². The molecule has 19 heavy (non-hydrogen) atoms. The summed E-state index contributed by atoms with van der Waals surface area (Å²) in [6.45, 7) is 0. The van der Waals surface area contributed by atoms with Crippen molar-refractivity contribution in [3.63, 3.8) is 0 Å². The Bertz CT molecular complexity index is 500. The van der Waals surface area contributed by atoms with Gasteiger partial charge in [-0.15, -0.1) is 0 Å². The largest absolute Gasteiger partial charge is 0.216 e. The molecule has 4 heteroatoms. The summed E-state index contributed by atoms with van der Waals surface area (Å²) in [6, 6.07) is 4.01. The maximum Gasteiger partial charge on any atom is 0.144 e. The number of benzene rings is 1. The molecule has 0 atom stereocenters. The number of rotatable bonds is 2. The van der Waals surface area contributed by atoms with Gasteiger partial charge in [0.25, 0.3) is 0 Å². The van der Waals surface area contributed by atoms with Gasteiger partial charge in [-0.2, -0.15) is 5.26 Å². The van der Waals surface area contributed by atoms with Gasteiger partial charge < -0.3 is 0 Å². The van der Waals surface area contributed by atoms with Gasteiger partial charge in [-0.05, 0) is 55.2 Å². The zero-order chi connectivity index (χ0) is 13.8. The van der Waals surface area contributed by atoms with Crippen LogP contribution in [0.3, 0.4) is 0 Å². The Morgan fingerprint density at radius 2 is 1.68 bits per heavy atom. The standard InChI is InChI=1S/C15H14F3N/c16-6-5-10-1-3-11(4-2-10)12-7-14(17)13(9-19)15(18)8-12/h5-8,10-11H,1-4H2/b6-5+. The van der Waals surface area contributed by atoms with Crippen molar-refractivity contribution in [1.82, 2.24) is 0 Å². The molecule has 1 nitrogen and oxygen atoms in total. The summed E-state index contributed by atoms with van der Waals surface area (Å²) >= 11 is 0. The second kappa shape index (κ2) is 5.92. The number of allylic oxidation sites excluding steroid dienone is 1. The number of hydrogen-bond acceptors (Lipinski definition) is 1. The molecule has 0 saturated heterocycles. The monoisotopic (exact) mass is 265 g/mol. The lowest BCUT2D eigenvalue weighted by Crippen LogP contribution is -2.12. The van der Waals surface area contributed by atoms with Gasteiger partial charge >= 0.3 is 0 Å². The van der Waals surface area contributed by atoms with E-state index in [-0.39, 0.29) is 11.8 Å².